The first-order valence-electron chi connectivity index (χ1n) is 12.3. The SMILES string of the molecule is COc1cc2ncnc(Oc3ccc(Nc4nccc5c4C(O)C(c4ccccc4)=CN5)cc3)c2cc1OC. The van der Waals surface area contributed by atoms with E-state index in [0.29, 0.717) is 45.4 Å². The Bertz CT molecular complexity index is 1670. The van der Waals surface area contributed by atoms with Gasteiger partial charge in [0, 0.05) is 35.4 Å². The van der Waals surface area contributed by atoms with Gasteiger partial charge in [-0.1, -0.05) is 30.3 Å². The molecule has 0 amide bonds. The van der Waals surface area contributed by atoms with Crippen molar-refractivity contribution in [3.05, 3.63) is 103 Å². The number of anilines is 3. The topological polar surface area (TPSA) is 111 Å². The van der Waals surface area contributed by atoms with Crippen LogP contribution in [0.1, 0.15) is 17.2 Å². The lowest BCUT2D eigenvalue weighted by Crippen LogP contribution is -2.14. The number of ether oxygens (including phenoxy) is 3. The maximum Gasteiger partial charge on any atom is 0.230 e. The van der Waals surface area contributed by atoms with Crippen LogP contribution in [0.25, 0.3) is 16.5 Å². The van der Waals surface area contributed by atoms with E-state index in [1.807, 2.05) is 66.9 Å². The molecule has 0 saturated heterocycles. The summed E-state index contributed by atoms with van der Waals surface area (Å²) >= 11 is 0. The molecule has 0 saturated carbocycles. The van der Waals surface area contributed by atoms with Crippen LogP contribution in [0.15, 0.2) is 91.5 Å². The maximum atomic E-state index is 11.3. The summed E-state index contributed by atoms with van der Waals surface area (Å²) in [5.74, 6) is 2.69. The molecular formula is C30H25N5O4. The number of pyridine rings is 1. The molecule has 0 bridgehead atoms. The van der Waals surface area contributed by atoms with E-state index in [-0.39, 0.29) is 0 Å². The third kappa shape index (κ3) is 4.67. The average Bonchev–Trinajstić information content (AvgIpc) is 2.98. The number of rotatable bonds is 7. The van der Waals surface area contributed by atoms with Gasteiger partial charge in [-0.05, 0) is 42.0 Å². The van der Waals surface area contributed by atoms with Gasteiger partial charge >= 0.3 is 0 Å². The Labute approximate surface area is 224 Å². The van der Waals surface area contributed by atoms with E-state index in [4.69, 9.17) is 14.2 Å². The molecule has 39 heavy (non-hydrogen) atoms. The molecule has 2 aromatic heterocycles. The van der Waals surface area contributed by atoms with Gasteiger partial charge in [-0.25, -0.2) is 15.0 Å². The van der Waals surface area contributed by atoms with Crippen LogP contribution in [0.2, 0.25) is 0 Å². The smallest absolute Gasteiger partial charge is 0.230 e. The van der Waals surface area contributed by atoms with Crippen LogP contribution < -0.4 is 24.8 Å². The van der Waals surface area contributed by atoms with Crippen molar-refractivity contribution < 1.29 is 19.3 Å². The lowest BCUT2D eigenvalue weighted by molar-refractivity contribution is 0.238. The standard InChI is InChI=1S/C30H25N5O4/c1-37-25-14-21-24(15-26(25)38-2)33-17-34-30(21)39-20-10-8-19(9-11-20)35-29-27-23(12-13-31-29)32-16-22(28(27)36)18-6-4-3-5-7-18/h3-17,28,32,36H,1-2H3,(H,31,35). The zero-order chi connectivity index (χ0) is 26.8. The van der Waals surface area contributed by atoms with Gasteiger partial charge in [0.25, 0.3) is 0 Å². The summed E-state index contributed by atoms with van der Waals surface area (Å²) in [5.41, 5.74) is 4.64. The van der Waals surface area contributed by atoms with Gasteiger partial charge in [-0.3, -0.25) is 0 Å². The summed E-state index contributed by atoms with van der Waals surface area (Å²) in [6.45, 7) is 0. The molecule has 3 aromatic carbocycles. The highest BCUT2D eigenvalue weighted by Crippen LogP contribution is 2.42. The normalized spacial score (nSPS) is 14.1. The quantitative estimate of drug-likeness (QED) is 0.236. The van der Waals surface area contributed by atoms with E-state index < -0.39 is 6.10 Å². The molecule has 1 aliphatic heterocycles. The number of methoxy groups -OCH3 is 2. The number of aliphatic hydroxyl groups excluding tert-OH is 1. The molecule has 0 spiro atoms. The Hall–Kier alpha value is -5.15. The lowest BCUT2D eigenvalue weighted by Gasteiger charge is -2.26. The van der Waals surface area contributed by atoms with E-state index in [9.17, 15) is 5.11 Å². The zero-order valence-electron chi connectivity index (χ0n) is 21.3. The second kappa shape index (κ2) is 10.3. The molecular weight excluding hydrogens is 494 g/mol. The highest BCUT2D eigenvalue weighted by molar-refractivity contribution is 5.87. The van der Waals surface area contributed by atoms with Crippen LogP contribution in [-0.2, 0) is 0 Å². The number of hydrogen-bond acceptors (Lipinski definition) is 9. The van der Waals surface area contributed by atoms with Gasteiger partial charge in [0.05, 0.1) is 30.7 Å². The monoisotopic (exact) mass is 519 g/mol. The molecule has 194 valence electrons. The third-order valence-corrected chi connectivity index (χ3v) is 6.48. The summed E-state index contributed by atoms with van der Waals surface area (Å²) in [5, 5.41) is 18.6. The zero-order valence-corrected chi connectivity index (χ0v) is 21.3. The summed E-state index contributed by atoms with van der Waals surface area (Å²) < 4.78 is 16.9. The Balaban J connectivity index is 1.24. The number of nitrogens with one attached hydrogen (secondary N) is 2. The Morgan fingerprint density at radius 1 is 0.872 bits per heavy atom. The number of hydrogen-bond donors (Lipinski definition) is 3. The fraction of sp³-hybridized carbons (Fsp3) is 0.100. The van der Waals surface area contributed by atoms with Crippen molar-refractivity contribution in [2.75, 3.05) is 24.9 Å². The van der Waals surface area contributed by atoms with Gasteiger partial charge in [0.15, 0.2) is 11.5 Å². The minimum absolute atomic E-state index is 0.398. The predicted molar refractivity (Wildman–Crippen MR) is 150 cm³/mol. The summed E-state index contributed by atoms with van der Waals surface area (Å²) in [6.07, 6.45) is 4.13. The molecule has 1 atom stereocenters. The van der Waals surface area contributed by atoms with Crippen molar-refractivity contribution in [2.24, 2.45) is 0 Å². The molecule has 5 aromatic rings. The van der Waals surface area contributed by atoms with Crippen molar-refractivity contribution in [3.8, 4) is 23.1 Å². The van der Waals surface area contributed by atoms with Crippen LogP contribution in [0.4, 0.5) is 17.2 Å². The Morgan fingerprint density at radius 3 is 2.41 bits per heavy atom. The van der Waals surface area contributed by atoms with Gasteiger partial charge in [-0.15, -0.1) is 0 Å². The largest absolute Gasteiger partial charge is 0.493 e. The van der Waals surface area contributed by atoms with E-state index in [1.54, 1.807) is 32.5 Å². The van der Waals surface area contributed by atoms with Crippen LogP contribution in [0.5, 0.6) is 23.1 Å². The average molecular weight is 520 g/mol. The summed E-state index contributed by atoms with van der Waals surface area (Å²) in [4.78, 5) is 13.1. The molecule has 0 radical (unpaired) electrons. The fourth-order valence-electron chi connectivity index (χ4n) is 4.53. The fourth-order valence-corrected chi connectivity index (χ4v) is 4.53. The van der Waals surface area contributed by atoms with Crippen LogP contribution in [0, 0.1) is 0 Å². The highest BCUT2D eigenvalue weighted by atomic mass is 16.5. The van der Waals surface area contributed by atoms with Crippen LogP contribution in [0.3, 0.4) is 0 Å². The summed E-state index contributed by atoms with van der Waals surface area (Å²) in [6, 6.07) is 22.6. The highest BCUT2D eigenvalue weighted by Gasteiger charge is 2.26. The molecule has 6 rings (SSSR count). The first-order chi connectivity index (χ1) is 19.1. The number of benzene rings is 3. The van der Waals surface area contributed by atoms with Crippen molar-refractivity contribution in [1.82, 2.24) is 15.0 Å². The molecule has 9 nitrogen and oxygen atoms in total. The molecule has 0 aliphatic carbocycles. The molecule has 3 heterocycles. The van der Waals surface area contributed by atoms with Crippen molar-refractivity contribution in [2.45, 2.75) is 6.10 Å². The van der Waals surface area contributed by atoms with Crippen LogP contribution in [-0.4, -0.2) is 34.3 Å². The van der Waals surface area contributed by atoms with E-state index in [0.717, 1.165) is 22.5 Å². The van der Waals surface area contributed by atoms with Gasteiger partial charge < -0.3 is 30.0 Å². The predicted octanol–water partition coefficient (Wildman–Crippen LogP) is 6.08. The number of aliphatic hydroxyl groups is 1. The summed E-state index contributed by atoms with van der Waals surface area (Å²) in [7, 11) is 3.15. The van der Waals surface area contributed by atoms with Crippen molar-refractivity contribution in [3.63, 3.8) is 0 Å². The Kier molecular flexibility index (Phi) is 6.40. The van der Waals surface area contributed by atoms with Crippen molar-refractivity contribution >= 4 is 33.7 Å². The lowest BCUT2D eigenvalue weighted by atomic mass is 9.93. The Morgan fingerprint density at radius 2 is 1.64 bits per heavy atom. The third-order valence-electron chi connectivity index (χ3n) is 6.48. The van der Waals surface area contributed by atoms with Gasteiger partial charge in [0.2, 0.25) is 5.88 Å². The van der Waals surface area contributed by atoms with E-state index in [2.05, 4.69) is 25.6 Å². The second-order valence-corrected chi connectivity index (χ2v) is 8.79. The molecule has 9 heteroatoms. The number of fused-ring (bicyclic) bond motifs is 2. The molecule has 1 unspecified atom stereocenters. The molecule has 3 N–H and O–H groups in total. The first kappa shape index (κ1) is 24.2. The van der Waals surface area contributed by atoms with Gasteiger partial charge in [-0.2, -0.15) is 0 Å². The number of nitrogens with zero attached hydrogens (tertiary/aromatic N) is 3. The molecule has 1 aliphatic rings. The minimum atomic E-state index is -0.843. The molecule has 0 fully saturated rings. The van der Waals surface area contributed by atoms with Gasteiger partial charge in [0.1, 0.15) is 24.0 Å². The first-order valence-corrected chi connectivity index (χ1v) is 12.3. The second-order valence-electron chi connectivity index (χ2n) is 8.79. The number of aromatic nitrogens is 3. The van der Waals surface area contributed by atoms with Crippen molar-refractivity contribution in [1.29, 1.82) is 0 Å². The maximum absolute atomic E-state index is 11.3. The van der Waals surface area contributed by atoms with E-state index >= 15 is 0 Å². The van der Waals surface area contributed by atoms with Crippen LogP contribution >= 0.6 is 0 Å². The minimum Gasteiger partial charge on any atom is -0.493 e. The van der Waals surface area contributed by atoms with E-state index in [1.165, 1.54) is 6.33 Å².